The average molecular weight is 284 g/mol. The van der Waals surface area contributed by atoms with Gasteiger partial charge < -0.3 is 5.11 Å². The minimum atomic E-state index is -0.659. The Morgan fingerprint density at radius 2 is 1.90 bits per heavy atom. The summed E-state index contributed by atoms with van der Waals surface area (Å²) < 4.78 is 1.82. The highest BCUT2D eigenvalue weighted by molar-refractivity contribution is 5.84. The Morgan fingerprint density at radius 1 is 1.24 bits per heavy atom. The number of hydrogen-bond acceptors (Lipinski definition) is 5. The standard InChI is InChI=1S/C14H12N4O3/c1-17-12(19)10(13(20)18(2)14(17)21)8-16-11-6-4-3-5-9(11)7-15/h3-6,8,19H,1-2H3. The van der Waals surface area contributed by atoms with Gasteiger partial charge in [0.2, 0.25) is 5.88 Å². The van der Waals surface area contributed by atoms with Gasteiger partial charge in [0.25, 0.3) is 5.56 Å². The van der Waals surface area contributed by atoms with Gasteiger partial charge in [-0.25, -0.2) is 4.79 Å². The number of nitriles is 1. The Kier molecular flexibility index (Phi) is 3.71. The molecule has 0 saturated carbocycles. The number of nitrogens with zero attached hydrogens (tertiary/aromatic N) is 4. The molecule has 106 valence electrons. The Bertz CT molecular complexity index is 885. The third-order valence-corrected chi connectivity index (χ3v) is 3.02. The maximum absolute atomic E-state index is 12.0. The summed E-state index contributed by atoms with van der Waals surface area (Å²) in [5.74, 6) is -0.471. The normalized spacial score (nSPS) is 10.7. The molecule has 1 N–H and O–H groups in total. The van der Waals surface area contributed by atoms with Crippen LogP contribution in [-0.2, 0) is 14.1 Å². The van der Waals surface area contributed by atoms with Crippen molar-refractivity contribution in [3.63, 3.8) is 0 Å². The van der Waals surface area contributed by atoms with Crippen molar-refractivity contribution in [2.24, 2.45) is 19.1 Å². The van der Waals surface area contributed by atoms with Gasteiger partial charge in [0, 0.05) is 20.3 Å². The molecule has 0 saturated heterocycles. The van der Waals surface area contributed by atoms with Gasteiger partial charge >= 0.3 is 5.69 Å². The molecule has 0 aliphatic heterocycles. The fourth-order valence-electron chi connectivity index (χ4n) is 1.79. The van der Waals surface area contributed by atoms with Crippen molar-refractivity contribution in [3.05, 3.63) is 56.2 Å². The van der Waals surface area contributed by atoms with E-state index in [1.165, 1.54) is 14.1 Å². The highest BCUT2D eigenvalue weighted by Crippen LogP contribution is 2.17. The van der Waals surface area contributed by atoms with Crippen LogP contribution in [0.15, 0.2) is 38.8 Å². The quantitative estimate of drug-likeness (QED) is 0.807. The molecule has 1 heterocycles. The van der Waals surface area contributed by atoms with E-state index < -0.39 is 17.1 Å². The summed E-state index contributed by atoms with van der Waals surface area (Å²) >= 11 is 0. The molecule has 0 aliphatic rings. The number of aromatic nitrogens is 2. The Balaban J connectivity index is 2.61. The van der Waals surface area contributed by atoms with Gasteiger partial charge in [0.1, 0.15) is 11.6 Å². The van der Waals surface area contributed by atoms with Crippen LogP contribution in [0.2, 0.25) is 0 Å². The summed E-state index contributed by atoms with van der Waals surface area (Å²) in [6, 6.07) is 8.57. The third-order valence-electron chi connectivity index (χ3n) is 3.02. The van der Waals surface area contributed by atoms with E-state index in [-0.39, 0.29) is 5.56 Å². The predicted molar refractivity (Wildman–Crippen MR) is 77.0 cm³/mol. The second-order valence-corrected chi connectivity index (χ2v) is 4.33. The number of aliphatic imine (C=N–C) groups is 1. The molecule has 0 atom stereocenters. The van der Waals surface area contributed by atoms with Crippen molar-refractivity contribution in [1.29, 1.82) is 5.26 Å². The molecule has 7 nitrogen and oxygen atoms in total. The van der Waals surface area contributed by atoms with Gasteiger partial charge in [0.05, 0.1) is 11.3 Å². The summed E-state index contributed by atoms with van der Waals surface area (Å²) in [7, 11) is 2.66. The lowest BCUT2D eigenvalue weighted by Crippen LogP contribution is -2.38. The molecule has 0 amide bonds. The van der Waals surface area contributed by atoms with E-state index in [2.05, 4.69) is 4.99 Å². The van der Waals surface area contributed by atoms with Gasteiger partial charge in [-0.15, -0.1) is 0 Å². The van der Waals surface area contributed by atoms with Crippen molar-refractivity contribution in [3.8, 4) is 11.9 Å². The van der Waals surface area contributed by atoms with E-state index in [0.717, 1.165) is 15.3 Å². The topological polar surface area (TPSA) is 100 Å². The summed E-state index contributed by atoms with van der Waals surface area (Å²) in [4.78, 5) is 27.6. The van der Waals surface area contributed by atoms with Gasteiger partial charge in [-0.2, -0.15) is 5.26 Å². The van der Waals surface area contributed by atoms with Crippen molar-refractivity contribution >= 4 is 11.9 Å². The van der Waals surface area contributed by atoms with E-state index in [0.29, 0.717) is 11.3 Å². The largest absolute Gasteiger partial charge is 0.494 e. The molecule has 1 aromatic heterocycles. The predicted octanol–water partition coefficient (Wildman–Crippen LogP) is 0.412. The molecule has 0 aliphatic carbocycles. The van der Waals surface area contributed by atoms with Gasteiger partial charge in [-0.1, -0.05) is 12.1 Å². The molecule has 7 heteroatoms. The zero-order valence-electron chi connectivity index (χ0n) is 11.4. The van der Waals surface area contributed by atoms with E-state index >= 15 is 0 Å². The third kappa shape index (κ3) is 2.47. The highest BCUT2D eigenvalue weighted by Gasteiger charge is 2.13. The van der Waals surface area contributed by atoms with Crippen LogP contribution in [-0.4, -0.2) is 20.5 Å². The lowest BCUT2D eigenvalue weighted by atomic mass is 10.2. The van der Waals surface area contributed by atoms with Crippen LogP contribution < -0.4 is 11.2 Å². The minimum Gasteiger partial charge on any atom is -0.494 e. The van der Waals surface area contributed by atoms with E-state index in [1.54, 1.807) is 24.3 Å². The van der Waals surface area contributed by atoms with Crippen LogP contribution in [0.5, 0.6) is 5.88 Å². The summed E-state index contributed by atoms with van der Waals surface area (Å²) in [5, 5.41) is 18.8. The zero-order chi connectivity index (χ0) is 15.6. The lowest BCUT2D eigenvalue weighted by molar-refractivity contribution is 0.410. The monoisotopic (exact) mass is 284 g/mol. The average Bonchev–Trinajstić information content (AvgIpc) is 2.51. The highest BCUT2D eigenvalue weighted by atomic mass is 16.3. The molecule has 1 aromatic carbocycles. The molecule has 21 heavy (non-hydrogen) atoms. The van der Waals surface area contributed by atoms with Crippen LogP contribution >= 0.6 is 0 Å². The summed E-state index contributed by atoms with van der Waals surface area (Å²) in [5.41, 5.74) is -0.696. The maximum Gasteiger partial charge on any atom is 0.333 e. The first-order chi connectivity index (χ1) is 9.97. The Hall–Kier alpha value is -3.14. The SMILES string of the molecule is Cn1c(O)c(C=Nc2ccccc2C#N)c(=O)n(C)c1=O. The molecule has 2 rings (SSSR count). The first kappa shape index (κ1) is 14.3. The number of benzene rings is 1. The number of hydrogen-bond donors (Lipinski definition) is 1. The number of aromatic hydroxyl groups is 1. The minimum absolute atomic E-state index is 0.118. The summed E-state index contributed by atoms with van der Waals surface area (Å²) in [6.07, 6.45) is 1.15. The van der Waals surface area contributed by atoms with Crippen LogP contribution in [0.3, 0.4) is 0 Å². The Labute approximate surface area is 119 Å². The van der Waals surface area contributed by atoms with E-state index in [1.807, 2.05) is 6.07 Å². The van der Waals surface area contributed by atoms with Crippen molar-refractivity contribution in [2.45, 2.75) is 0 Å². The number of para-hydroxylation sites is 1. The van der Waals surface area contributed by atoms with Crippen LogP contribution in [0, 0.1) is 11.3 Å². The van der Waals surface area contributed by atoms with E-state index in [9.17, 15) is 14.7 Å². The Morgan fingerprint density at radius 3 is 2.57 bits per heavy atom. The molecule has 0 spiro atoms. The van der Waals surface area contributed by atoms with Gasteiger partial charge in [0.15, 0.2) is 0 Å². The smallest absolute Gasteiger partial charge is 0.333 e. The van der Waals surface area contributed by atoms with Crippen molar-refractivity contribution < 1.29 is 5.11 Å². The first-order valence-corrected chi connectivity index (χ1v) is 5.99. The van der Waals surface area contributed by atoms with Crippen LogP contribution in [0.25, 0.3) is 0 Å². The molecule has 0 radical (unpaired) electrons. The second-order valence-electron chi connectivity index (χ2n) is 4.33. The van der Waals surface area contributed by atoms with Gasteiger partial charge in [-0.3, -0.25) is 18.9 Å². The molecule has 0 unspecified atom stereocenters. The molecule has 2 aromatic rings. The molecule has 0 bridgehead atoms. The maximum atomic E-state index is 12.0. The number of rotatable bonds is 2. The molecule has 0 fully saturated rings. The van der Waals surface area contributed by atoms with E-state index in [4.69, 9.17) is 5.26 Å². The molecular weight excluding hydrogens is 272 g/mol. The van der Waals surface area contributed by atoms with Gasteiger partial charge in [-0.05, 0) is 12.1 Å². The fourth-order valence-corrected chi connectivity index (χ4v) is 1.79. The summed E-state index contributed by atoms with van der Waals surface area (Å²) in [6.45, 7) is 0. The van der Waals surface area contributed by atoms with Crippen LogP contribution in [0.4, 0.5) is 5.69 Å². The van der Waals surface area contributed by atoms with Crippen molar-refractivity contribution in [2.75, 3.05) is 0 Å². The van der Waals surface area contributed by atoms with Crippen LogP contribution in [0.1, 0.15) is 11.1 Å². The zero-order valence-corrected chi connectivity index (χ0v) is 11.4. The van der Waals surface area contributed by atoms with Crippen molar-refractivity contribution in [1.82, 2.24) is 9.13 Å². The second kappa shape index (κ2) is 5.46. The fraction of sp³-hybridized carbons (Fsp3) is 0.143. The first-order valence-electron chi connectivity index (χ1n) is 5.99. The lowest BCUT2D eigenvalue weighted by Gasteiger charge is -2.07. The molecular formula is C14H12N4O3.